The molecule has 116 valence electrons. The van der Waals surface area contributed by atoms with Crippen LogP contribution in [0.25, 0.3) is 0 Å². The number of ether oxygens (including phenoxy) is 1. The minimum atomic E-state index is -3.56. The van der Waals surface area contributed by atoms with E-state index >= 15 is 0 Å². The third kappa shape index (κ3) is 3.07. The standard InChI is InChI=1S/C15H22N2O3S/c1-2-10-5-6-12(16)9-14(10)21(18,19)17-13-7-8-20-15(13)11-3-4-11/h5-6,9,11,13,15,17H,2-4,7-8,16H2,1H3. The van der Waals surface area contributed by atoms with Crippen LogP contribution >= 0.6 is 0 Å². The number of rotatable bonds is 5. The van der Waals surface area contributed by atoms with Gasteiger partial charge in [0, 0.05) is 12.3 Å². The van der Waals surface area contributed by atoms with Gasteiger partial charge in [-0.05, 0) is 49.3 Å². The van der Waals surface area contributed by atoms with Crippen molar-refractivity contribution in [2.75, 3.05) is 12.3 Å². The molecular formula is C15H22N2O3S. The second-order valence-corrected chi connectivity index (χ2v) is 7.59. The van der Waals surface area contributed by atoms with Crippen LogP contribution in [0.1, 0.15) is 31.7 Å². The first kappa shape index (κ1) is 14.8. The molecule has 3 rings (SSSR count). The van der Waals surface area contributed by atoms with Gasteiger partial charge in [-0.2, -0.15) is 0 Å². The van der Waals surface area contributed by atoms with E-state index in [1.165, 1.54) is 0 Å². The van der Waals surface area contributed by atoms with E-state index in [0.29, 0.717) is 29.5 Å². The first-order chi connectivity index (χ1) is 10.0. The highest BCUT2D eigenvalue weighted by molar-refractivity contribution is 7.89. The Labute approximate surface area is 125 Å². The van der Waals surface area contributed by atoms with Crippen LogP contribution < -0.4 is 10.5 Å². The summed E-state index contributed by atoms with van der Waals surface area (Å²) in [6.45, 7) is 2.57. The van der Waals surface area contributed by atoms with Gasteiger partial charge in [0.1, 0.15) is 0 Å². The predicted molar refractivity (Wildman–Crippen MR) is 81.4 cm³/mol. The van der Waals surface area contributed by atoms with Crippen molar-refractivity contribution in [2.24, 2.45) is 5.92 Å². The molecule has 1 aliphatic heterocycles. The summed E-state index contributed by atoms with van der Waals surface area (Å²) in [7, 11) is -3.56. The van der Waals surface area contributed by atoms with Crippen molar-refractivity contribution in [1.29, 1.82) is 0 Å². The highest BCUT2D eigenvalue weighted by Crippen LogP contribution is 2.39. The smallest absolute Gasteiger partial charge is 0.241 e. The number of nitrogens with two attached hydrogens (primary N) is 1. The van der Waals surface area contributed by atoms with E-state index in [2.05, 4.69) is 4.72 Å². The molecule has 1 saturated heterocycles. The Hall–Kier alpha value is -1.11. The number of benzene rings is 1. The van der Waals surface area contributed by atoms with Crippen LogP contribution in [0.4, 0.5) is 5.69 Å². The molecule has 21 heavy (non-hydrogen) atoms. The maximum Gasteiger partial charge on any atom is 0.241 e. The second-order valence-electron chi connectivity index (χ2n) is 5.91. The van der Waals surface area contributed by atoms with Crippen LogP contribution in [0, 0.1) is 5.92 Å². The van der Waals surface area contributed by atoms with Crippen molar-refractivity contribution in [3.63, 3.8) is 0 Å². The van der Waals surface area contributed by atoms with Crippen LogP contribution in [0.15, 0.2) is 23.1 Å². The Bertz CT molecular complexity index is 626. The lowest BCUT2D eigenvalue weighted by Gasteiger charge is -2.20. The summed E-state index contributed by atoms with van der Waals surface area (Å²) in [5, 5.41) is 0. The van der Waals surface area contributed by atoms with E-state index in [9.17, 15) is 8.42 Å². The monoisotopic (exact) mass is 310 g/mol. The van der Waals surface area contributed by atoms with Gasteiger partial charge in [0.15, 0.2) is 0 Å². The van der Waals surface area contributed by atoms with Crippen molar-refractivity contribution in [1.82, 2.24) is 4.72 Å². The number of hydrogen-bond acceptors (Lipinski definition) is 4. The maximum absolute atomic E-state index is 12.7. The first-order valence-corrected chi connectivity index (χ1v) is 9.02. The SMILES string of the molecule is CCc1ccc(N)cc1S(=O)(=O)NC1CCOC1C1CC1. The molecule has 1 aromatic rings. The lowest BCUT2D eigenvalue weighted by atomic mass is 10.1. The summed E-state index contributed by atoms with van der Waals surface area (Å²) in [4.78, 5) is 0.298. The Balaban J connectivity index is 1.85. The van der Waals surface area contributed by atoms with Gasteiger partial charge in [0.25, 0.3) is 0 Å². The fourth-order valence-corrected chi connectivity index (χ4v) is 4.63. The molecule has 6 heteroatoms. The average Bonchev–Trinajstić information content (AvgIpc) is 3.19. The minimum Gasteiger partial charge on any atom is -0.399 e. The molecule has 0 radical (unpaired) electrons. The lowest BCUT2D eigenvalue weighted by molar-refractivity contribution is 0.0848. The summed E-state index contributed by atoms with van der Waals surface area (Å²) in [6.07, 6.45) is 3.71. The van der Waals surface area contributed by atoms with Crippen LogP contribution in [0.3, 0.4) is 0 Å². The highest BCUT2D eigenvalue weighted by atomic mass is 32.2. The van der Waals surface area contributed by atoms with E-state index in [0.717, 1.165) is 24.8 Å². The molecule has 2 fully saturated rings. The quantitative estimate of drug-likeness (QED) is 0.811. The second kappa shape index (κ2) is 5.59. The fraction of sp³-hybridized carbons (Fsp3) is 0.600. The molecule has 2 atom stereocenters. The molecule has 0 bridgehead atoms. The lowest BCUT2D eigenvalue weighted by Crippen LogP contribution is -2.41. The van der Waals surface area contributed by atoms with Gasteiger partial charge in [0.05, 0.1) is 17.0 Å². The summed E-state index contributed by atoms with van der Waals surface area (Å²) < 4.78 is 33.9. The van der Waals surface area contributed by atoms with Gasteiger partial charge in [-0.1, -0.05) is 13.0 Å². The van der Waals surface area contributed by atoms with E-state index in [1.807, 2.05) is 6.92 Å². The Morgan fingerprint density at radius 2 is 2.10 bits per heavy atom. The molecule has 1 aromatic carbocycles. The fourth-order valence-electron chi connectivity index (χ4n) is 3.00. The first-order valence-electron chi connectivity index (χ1n) is 7.53. The summed E-state index contributed by atoms with van der Waals surface area (Å²) in [5.74, 6) is 0.520. The Morgan fingerprint density at radius 3 is 2.76 bits per heavy atom. The molecule has 3 N–H and O–H groups in total. The van der Waals surface area contributed by atoms with Crippen molar-refractivity contribution in [3.8, 4) is 0 Å². The number of sulfonamides is 1. The Morgan fingerprint density at radius 1 is 1.33 bits per heavy atom. The highest BCUT2D eigenvalue weighted by Gasteiger charge is 2.42. The van der Waals surface area contributed by atoms with Crippen LogP contribution in [0.5, 0.6) is 0 Å². The average molecular weight is 310 g/mol. The van der Waals surface area contributed by atoms with Gasteiger partial charge < -0.3 is 10.5 Å². The number of aryl methyl sites for hydroxylation is 1. The normalized spacial score (nSPS) is 26.1. The third-order valence-electron chi connectivity index (χ3n) is 4.29. The molecule has 1 aliphatic carbocycles. The minimum absolute atomic E-state index is 0.0333. The number of hydrogen-bond donors (Lipinski definition) is 2. The van der Waals surface area contributed by atoms with Gasteiger partial charge in [-0.25, -0.2) is 13.1 Å². The molecule has 1 heterocycles. The van der Waals surface area contributed by atoms with Crippen molar-refractivity contribution >= 4 is 15.7 Å². The van der Waals surface area contributed by atoms with Crippen molar-refractivity contribution < 1.29 is 13.2 Å². The largest absolute Gasteiger partial charge is 0.399 e. The number of anilines is 1. The Kier molecular flexibility index (Phi) is 3.94. The maximum atomic E-state index is 12.7. The summed E-state index contributed by atoms with van der Waals surface area (Å²) in [5.41, 5.74) is 7.01. The number of nitrogen functional groups attached to an aromatic ring is 1. The third-order valence-corrected chi connectivity index (χ3v) is 5.86. The van der Waals surface area contributed by atoms with Gasteiger partial charge in [0.2, 0.25) is 10.0 Å². The van der Waals surface area contributed by atoms with Crippen molar-refractivity contribution in [3.05, 3.63) is 23.8 Å². The predicted octanol–water partition coefficient (Wildman–Crippen LogP) is 1.68. The molecule has 5 nitrogen and oxygen atoms in total. The van der Waals surface area contributed by atoms with Crippen LogP contribution in [0.2, 0.25) is 0 Å². The van der Waals surface area contributed by atoms with E-state index in [4.69, 9.17) is 10.5 Å². The van der Waals surface area contributed by atoms with Crippen LogP contribution in [-0.4, -0.2) is 27.2 Å². The summed E-state index contributed by atoms with van der Waals surface area (Å²) in [6, 6.07) is 4.95. The van der Waals surface area contributed by atoms with Gasteiger partial charge in [-0.15, -0.1) is 0 Å². The van der Waals surface area contributed by atoms with Gasteiger partial charge in [-0.3, -0.25) is 0 Å². The zero-order valence-corrected chi connectivity index (χ0v) is 13.0. The molecule has 0 spiro atoms. The van der Waals surface area contributed by atoms with Crippen molar-refractivity contribution in [2.45, 2.75) is 49.6 Å². The molecule has 1 saturated carbocycles. The van der Waals surface area contributed by atoms with E-state index in [-0.39, 0.29) is 12.1 Å². The summed E-state index contributed by atoms with van der Waals surface area (Å²) >= 11 is 0. The zero-order valence-electron chi connectivity index (χ0n) is 12.2. The molecule has 0 amide bonds. The van der Waals surface area contributed by atoms with Crippen LogP contribution in [-0.2, 0) is 21.2 Å². The van der Waals surface area contributed by atoms with Gasteiger partial charge >= 0.3 is 0 Å². The van der Waals surface area contributed by atoms with E-state index in [1.54, 1.807) is 18.2 Å². The number of nitrogens with one attached hydrogen (secondary N) is 1. The molecule has 0 aromatic heterocycles. The van der Waals surface area contributed by atoms with E-state index < -0.39 is 10.0 Å². The molecular weight excluding hydrogens is 288 g/mol. The zero-order chi connectivity index (χ0) is 15.0. The molecule has 2 aliphatic rings. The molecule has 2 unspecified atom stereocenters. The topological polar surface area (TPSA) is 81.4 Å².